The Hall–Kier alpha value is -2.41. The molecule has 134 valence electrons. The van der Waals surface area contributed by atoms with Crippen LogP contribution in [0, 0.1) is 6.92 Å². The number of benzene rings is 2. The first-order valence-corrected chi connectivity index (χ1v) is 8.02. The maximum Gasteiger partial charge on any atom is 0.407 e. The summed E-state index contributed by atoms with van der Waals surface area (Å²) >= 11 is 0. The third-order valence-corrected chi connectivity index (χ3v) is 3.91. The number of hydrogen-bond acceptors (Lipinski definition) is 5. The average molecular weight is 345 g/mol. The van der Waals surface area contributed by atoms with E-state index in [1.54, 1.807) is 18.2 Å². The van der Waals surface area contributed by atoms with Crippen LogP contribution in [0.3, 0.4) is 0 Å². The Kier molecular flexibility index (Phi) is 6.94. The molecule has 0 saturated carbocycles. The quantitative estimate of drug-likeness (QED) is 0.613. The van der Waals surface area contributed by atoms with Crippen molar-refractivity contribution in [2.45, 2.75) is 32.3 Å². The molecular weight excluding hydrogens is 322 g/mol. The van der Waals surface area contributed by atoms with Crippen LogP contribution in [0.1, 0.15) is 28.4 Å². The van der Waals surface area contributed by atoms with Gasteiger partial charge in [-0.05, 0) is 29.2 Å². The Morgan fingerprint density at radius 2 is 1.88 bits per heavy atom. The minimum Gasteiger partial charge on any atom is -0.445 e. The summed E-state index contributed by atoms with van der Waals surface area (Å²) in [5, 5.41) is 31.8. The largest absolute Gasteiger partial charge is 0.445 e. The maximum absolute atomic E-state index is 11.7. The number of nitrogens with one attached hydrogen (secondary N) is 1. The molecule has 2 rings (SSSR count). The number of carbonyl (C=O) groups excluding carboxylic acids is 1. The molecule has 2 atom stereocenters. The molecule has 0 bridgehead atoms. The lowest BCUT2D eigenvalue weighted by Crippen LogP contribution is -2.35. The highest BCUT2D eigenvalue weighted by molar-refractivity contribution is 5.67. The lowest BCUT2D eigenvalue weighted by Gasteiger charge is -2.19. The van der Waals surface area contributed by atoms with Gasteiger partial charge in [-0.2, -0.15) is 0 Å². The zero-order valence-electron chi connectivity index (χ0n) is 14.1. The molecule has 0 aromatic heterocycles. The normalized spacial score (nSPS) is 13.1. The highest BCUT2D eigenvalue weighted by Crippen LogP contribution is 2.20. The maximum atomic E-state index is 11.7. The van der Waals surface area contributed by atoms with Gasteiger partial charge in [0, 0.05) is 6.54 Å². The van der Waals surface area contributed by atoms with Crippen molar-refractivity contribution in [1.82, 2.24) is 5.32 Å². The van der Waals surface area contributed by atoms with Crippen LogP contribution >= 0.6 is 0 Å². The Balaban J connectivity index is 1.81. The van der Waals surface area contributed by atoms with Crippen molar-refractivity contribution in [2.75, 3.05) is 6.54 Å². The number of carbonyl (C=O) groups is 1. The summed E-state index contributed by atoms with van der Waals surface area (Å²) in [6.07, 6.45) is -2.99. The van der Waals surface area contributed by atoms with Gasteiger partial charge in [-0.25, -0.2) is 4.79 Å². The third-order valence-electron chi connectivity index (χ3n) is 3.91. The summed E-state index contributed by atoms with van der Waals surface area (Å²) < 4.78 is 5.04. The molecule has 1 amide bonds. The monoisotopic (exact) mass is 345 g/mol. The van der Waals surface area contributed by atoms with E-state index in [1.807, 2.05) is 37.3 Å². The SMILES string of the molecule is Cc1cc(C(O)C(O)CNC(=O)OCc2ccccc2)ccc1CO. The summed E-state index contributed by atoms with van der Waals surface area (Å²) in [6.45, 7) is 1.72. The summed E-state index contributed by atoms with van der Waals surface area (Å²) in [7, 11) is 0. The Morgan fingerprint density at radius 1 is 1.16 bits per heavy atom. The van der Waals surface area contributed by atoms with E-state index in [2.05, 4.69) is 5.32 Å². The topological polar surface area (TPSA) is 99.0 Å². The van der Waals surface area contributed by atoms with E-state index < -0.39 is 18.3 Å². The highest BCUT2D eigenvalue weighted by Gasteiger charge is 2.20. The zero-order chi connectivity index (χ0) is 18.2. The number of ether oxygens (including phenoxy) is 1. The van der Waals surface area contributed by atoms with E-state index in [9.17, 15) is 15.0 Å². The molecule has 25 heavy (non-hydrogen) atoms. The molecule has 0 aliphatic heterocycles. The zero-order valence-corrected chi connectivity index (χ0v) is 14.1. The smallest absolute Gasteiger partial charge is 0.407 e. The van der Waals surface area contributed by atoms with Gasteiger partial charge in [0.15, 0.2) is 0 Å². The van der Waals surface area contributed by atoms with E-state index in [1.165, 1.54) is 0 Å². The van der Waals surface area contributed by atoms with Crippen molar-refractivity contribution in [3.05, 3.63) is 70.8 Å². The highest BCUT2D eigenvalue weighted by atomic mass is 16.5. The van der Waals surface area contributed by atoms with E-state index in [0.717, 1.165) is 16.7 Å². The first kappa shape index (κ1) is 18.9. The molecular formula is C19H23NO5. The van der Waals surface area contributed by atoms with Crippen LogP contribution in [0.15, 0.2) is 48.5 Å². The van der Waals surface area contributed by atoms with Crippen molar-refractivity contribution in [3.8, 4) is 0 Å². The summed E-state index contributed by atoms with van der Waals surface area (Å²) in [4.78, 5) is 11.7. The molecule has 4 N–H and O–H groups in total. The summed E-state index contributed by atoms with van der Waals surface area (Å²) in [6, 6.07) is 14.3. The molecule has 6 heteroatoms. The predicted octanol–water partition coefficient (Wildman–Crippen LogP) is 1.81. The summed E-state index contributed by atoms with van der Waals surface area (Å²) in [5.41, 5.74) is 2.95. The molecule has 2 unspecified atom stereocenters. The van der Waals surface area contributed by atoms with Crippen LogP contribution in [-0.2, 0) is 18.0 Å². The van der Waals surface area contributed by atoms with E-state index >= 15 is 0 Å². The fourth-order valence-corrected chi connectivity index (χ4v) is 2.38. The fourth-order valence-electron chi connectivity index (χ4n) is 2.38. The lowest BCUT2D eigenvalue weighted by atomic mass is 9.99. The predicted molar refractivity (Wildman–Crippen MR) is 92.7 cm³/mol. The van der Waals surface area contributed by atoms with E-state index in [4.69, 9.17) is 9.84 Å². The van der Waals surface area contributed by atoms with Gasteiger partial charge in [-0.1, -0.05) is 48.5 Å². The number of rotatable bonds is 7. The Morgan fingerprint density at radius 3 is 2.52 bits per heavy atom. The number of alkyl carbamates (subject to hydrolysis) is 1. The second-order valence-electron chi connectivity index (χ2n) is 5.80. The van der Waals surface area contributed by atoms with Crippen LogP contribution in [0.5, 0.6) is 0 Å². The van der Waals surface area contributed by atoms with Gasteiger partial charge in [0.25, 0.3) is 0 Å². The van der Waals surface area contributed by atoms with Crippen LogP contribution in [-0.4, -0.2) is 34.1 Å². The molecule has 0 fully saturated rings. The van der Waals surface area contributed by atoms with Crippen molar-refractivity contribution < 1.29 is 24.9 Å². The first-order chi connectivity index (χ1) is 12.0. The molecule has 2 aromatic carbocycles. The second kappa shape index (κ2) is 9.17. The molecule has 0 aliphatic rings. The van der Waals surface area contributed by atoms with Gasteiger partial charge < -0.3 is 25.4 Å². The number of hydrogen-bond donors (Lipinski definition) is 4. The molecule has 0 saturated heterocycles. The van der Waals surface area contributed by atoms with Gasteiger partial charge in [-0.15, -0.1) is 0 Å². The minimum absolute atomic E-state index is 0.0838. The molecule has 0 aliphatic carbocycles. The number of amides is 1. The van der Waals surface area contributed by atoms with Crippen LogP contribution in [0.2, 0.25) is 0 Å². The molecule has 6 nitrogen and oxygen atoms in total. The minimum atomic E-state index is -1.18. The van der Waals surface area contributed by atoms with Gasteiger partial charge >= 0.3 is 6.09 Å². The van der Waals surface area contributed by atoms with Crippen molar-refractivity contribution in [2.24, 2.45) is 0 Å². The molecule has 0 spiro atoms. The van der Waals surface area contributed by atoms with Crippen LogP contribution in [0.4, 0.5) is 4.79 Å². The lowest BCUT2D eigenvalue weighted by molar-refractivity contribution is 0.0183. The van der Waals surface area contributed by atoms with Crippen molar-refractivity contribution >= 4 is 6.09 Å². The number of aryl methyl sites for hydroxylation is 1. The molecule has 0 radical (unpaired) electrons. The Labute approximate surface area is 146 Å². The summed E-state index contributed by atoms with van der Waals surface area (Å²) in [5.74, 6) is 0. The average Bonchev–Trinajstić information content (AvgIpc) is 2.64. The third kappa shape index (κ3) is 5.56. The fraction of sp³-hybridized carbons (Fsp3) is 0.316. The van der Waals surface area contributed by atoms with Crippen LogP contribution < -0.4 is 5.32 Å². The molecule has 0 heterocycles. The first-order valence-electron chi connectivity index (χ1n) is 8.02. The van der Waals surface area contributed by atoms with Crippen LogP contribution in [0.25, 0.3) is 0 Å². The van der Waals surface area contributed by atoms with Gasteiger partial charge in [-0.3, -0.25) is 0 Å². The van der Waals surface area contributed by atoms with E-state index in [-0.39, 0.29) is 19.8 Å². The van der Waals surface area contributed by atoms with Gasteiger partial charge in [0.1, 0.15) is 18.8 Å². The van der Waals surface area contributed by atoms with Crippen molar-refractivity contribution in [3.63, 3.8) is 0 Å². The van der Waals surface area contributed by atoms with E-state index in [0.29, 0.717) is 5.56 Å². The van der Waals surface area contributed by atoms with Gasteiger partial charge in [0.05, 0.1) is 6.61 Å². The second-order valence-corrected chi connectivity index (χ2v) is 5.80. The molecule has 2 aromatic rings. The van der Waals surface area contributed by atoms with Crippen molar-refractivity contribution in [1.29, 1.82) is 0 Å². The number of aliphatic hydroxyl groups excluding tert-OH is 3. The number of aliphatic hydroxyl groups is 3. The Bertz CT molecular complexity index is 689. The standard InChI is InChI=1S/C19H23NO5/c1-13-9-15(7-8-16(13)11-21)18(23)17(22)10-20-19(24)25-12-14-5-3-2-4-6-14/h2-9,17-18,21-23H,10-12H2,1H3,(H,20,24). The van der Waals surface area contributed by atoms with Gasteiger partial charge in [0.2, 0.25) is 0 Å².